The number of likely N-dealkylation sites (tertiary alicyclic amines) is 1. The summed E-state index contributed by atoms with van der Waals surface area (Å²) in [5, 5.41) is 3.06. The Morgan fingerprint density at radius 3 is 2.31 bits per heavy atom. The van der Waals surface area contributed by atoms with Crippen molar-refractivity contribution in [3.05, 3.63) is 11.6 Å². The maximum absolute atomic E-state index is 13.6. The van der Waals surface area contributed by atoms with Crippen LogP contribution >= 0.6 is 0 Å². The van der Waals surface area contributed by atoms with E-state index in [-0.39, 0.29) is 35.8 Å². The Bertz CT molecular complexity index is 696. The molecule has 1 saturated heterocycles. The predicted molar refractivity (Wildman–Crippen MR) is 128 cm³/mol. The van der Waals surface area contributed by atoms with Gasteiger partial charge in [-0.25, -0.2) is 4.79 Å². The number of carbonyl (C=O) groups excluding carboxylic acids is 3. The van der Waals surface area contributed by atoms with Gasteiger partial charge in [0, 0.05) is 18.7 Å². The number of amides is 2. The Kier molecular flexibility index (Phi) is 10.4. The first kappa shape index (κ1) is 28.1. The summed E-state index contributed by atoms with van der Waals surface area (Å²) >= 11 is 0. The van der Waals surface area contributed by atoms with E-state index in [0.717, 1.165) is 19.3 Å². The quantitative estimate of drug-likeness (QED) is 0.452. The van der Waals surface area contributed by atoms with Crippen molar-refractivity contribution in [3.63, 3.8) is 0 Å². The molecule has 32 heavy (non-hydrogen) atoms. The molecule has 1 aliphatic rings. The molecule has 2 amide bonds. The second kappa shape index (κ2) is 11.8. The first-order chi connectivity index (χ1) is 14.7. The van der Waals surface area contributed by atoms with Crippen molar-refractivity contribution in [2.75, 3.05) is 20.7 Å². The molecule has 0 aromatic carbocycles. The van der Waals surface area contributed by atoms with Gasteiger partial charge in [-0.1, -0.05) is 40.7 Å². The van der Waals surface area contributed by atoms with E-state index in [4.69, 9.17) is 4.74 Å². The molecule has 0 aromatic heterocycles. The molecule has 4 atom stereocenters. The molecular formula is C25H45N3O4. The van der Waals surface area contributed by atoms with Crippen molar-refractivity contribution in [2.24, 2.45) is 11.3 Å². The highest BCUT2D eigenvalue weighted by Gasteiger charge is 2.39. The third-order valence-corrected chi connectivity index (χ3v) is 6.48. The van der Waals surface area contributed by atoms with Crippen molar-refractivity contribution in [1.82, 2.24) is 15.1 Å². The Morgan fingerprint density at radius 2 is 1.81 bits per heavy atom. The van der Waals surface area contributed by atoms with Crippen LogP contribution in [0, 0.1) is 11.3 Å². The minimum absolute atomic E-state index is 0.0787. The van der Waals surface area contributed by atoms with E-state index in [1.165, 1.54) is 0 Å². The van der Waals surface area contributed by atoms with Crippen LogP contribution < -0.4 is 5.32 Å². The fourth-order valence-electron chi connectivity index (χ4n) is 4.20. The summed E-state index contributed by atoms with van der Waals surface area (Å²) in [6.45, 7) is 15.8. The predicted octanol–water partition coefficient (Wildman–Crippen LogP) is 3.38. The first-order valence-electron chi connectivity index (χ1n) is 11.9. The molecular weight excluding hydrogens is 406 g/mol. The van der Waals surface area contributed by atoms with E-state index in [0.29, 0.717) is 18.2 Å². The number of rotatable bonds is 8. The van der Waals surface area contributed by atoms with Gasteiger partial charge >= 0.3 is 5.97 Å². The average Bonchev–Trinajstić information content (AvgIpc) is 2.69. The molecule has 1 fully saturated rings. The van der Waals surface area contributed by atoms with Gasteiger partial charge in [0.2, 0.25) is 11.8 Å². The number of ether oxygens (including phenoxy) is 1. The van der Waals surface area contributed by atoms with Crippen LogP contribution in [-0.4, -0.2) is 72.5 Å². The van der Waals surface area contributed by atoms with Crippen molar-refractivity contribution in [3.8, 4) is 0 Å². The van der Waals surface area contributed by atoms with Gasteiger partial charge in [0.25, 0.3) is 0 Å². The Morgan fingerprint density at radius 1 is 1.22 bits per heavy atom. The second-order valence-corrected chi connectivity index (χ2v) is 10.5. The van der Waals surface area contributed by atoms with E-state index in [2.05, 4.69) is 17.1 Å². The third-order valence-electron chi connectivity index (χ3n) is 6.48. The SMILES string of the molecule is CCOC(=O)/C(C)=C/[C@H](C(C)C)N(C)C(=O)C(NC(=O)C1CCCC(C)N1C)C(C)(C)C. The summed E-state index contributed by atoms with van der Waals surface area (Å²) in [5.74, 6) is -0.562. The molecule has 0 bridgehead atoms. The van der Waals surface area contributed by atoms with Crippen LogP contribution in [0.25, 0.3) is 0 Å². The molecule has 1 rings (SSSR count). The van der Waals surface area contributed by atoms with Crippen LogP contribution in [0.2, 0.25) is 0 Å². The topological polar surface area (TPSA) is 79.0 Å². The van der Waals surface area contributed by atoms with Gasteiger partial charge in [0.15, 0.2) is 0 Å². The summed E-state index contributed by atoms with van der Waals surface area (Å²) < 4.78 is 5.09. The molecule has 7 heteroatoms. The van der Waals surface area contributed by atoms with Crippen LogP contribution in [0.3, 0.4) is 0 Å². The molecule has 184 valence electrons. The highest BCUT2D eigenvalue weighted by atomic mass is 16.5. The van der Waals surface area contributed by atoms with Crippen molar-refractivity contribution < 1.29 is 19.1 Å². The van der Waals surface area contributed by atoms with Crippen molar-refractivity contribution in [1.29, 1.82) is 0 Å². The Labute approximate surface area is 194 Å². The van der Waals surface area contributed by atoms with E-state index < -0.39 is 11.5 Å². The summed E-state index contributed by atoms with van der Waals surface area (Å²) in [5.41, 5.74) is 0.000687. The fourth-order valence-corrected chi connectivity index (χ4v) is 4.20. The lowest BCUT2D eigenvalue weighted by molar-refractivity contribution is -0.142. The van der Waals surface area contributed by atoms with E-state index in [1.54, 1.807) is 31.9 Å². The number of nitrogens with one attached hydrogen (secondary N) is 1. The lowest BCUT2D eigenvalue weighted by atomic mass is 9.84. The third kappa shape index (κ3) is 7.32. The number of piperidine rings is 1. The maximum Gasteiger partial charge on any atom is 0.333 e. The average molecular weight is 452 g/mol. The molecule has 1 heterocycles. The van der Waals surface area contributed by atoms with E-state index in [1.807, 2.05) is 41.7 Å². The number of esters is 1. The van der Waals surface area contributed by atoms with Gasteiger partial charge < -0.3 is 15.0 Å². The summed E-state index contributed by atoms with van der Waals surface area (Å²) in [4.78, 5) is 42.7. The van der Waals surface area contributed by atoms with Gasteiger partial charge in [0.1, 0.15) is 6.04 Å². The zero-order valence-electron chi connectivity index (χ0n) is 21.8. The lowest BCUT2D eigenvalue weighted by Gasteiger charge is -2.40. The van der Waals surface area contributed by atoms with Crippen molar-refractivity contribution in [2.45, 2.75) is 98.8 Å². The van der Waals surface area contributed by atoms with Crippen LogP contribution in [0.5, 0.6) is 0 Å². The first-order valence-corrected chi connectivity index (χ1v) is 11.9. The molecule has 7 nitrogen and oxygen atoms in total. The molecule has 1 aliphatic heterocycles. The molecule has 3 unspecified atom stereocenters. The van der Waals surface area contributed by atoms with Gasteiger partial charge in [0.05, 0.1) is 18.7 Å². The lowest BCUT2D eigenvalue weighted by Crippen LogP contribution is -2.60. The minimum atomic E-state index is -0.678. The molecule has 0 radical (unpaired) electrons. The Hall–Kier alpha value is -1.89. The number of carbonyl (C=O) groups is 3. The number of hydrogen-bond acceptors (Lipinski definition) is 5. The Balaban J connectivity index is 3.12. The van der Waals surface area contributed by atoms with E-state index >= 15 is 0 Å². The maximum atomic E-state index is 13.6. The van der Waals surface area contributed by atoms with Gasteiger partial charge in [-0.3, -0.25) is 14.5 Å². The number of nitrogens with zero attached hydrogens (tertiary/aromatic N) is 2. The van der Waals surface area contributed by atoms with Crippen LogP contribution in [0.4, 0.5) is 0 Å². The summed E-state index contributed by atoms with van der Waals surface area (Å²) in [6, 6.07) is -0.866. The van der Waals surface area contributed by atoms with E-state index in [9.17, 15) is 14.4 Å². The van der Waals surface area contributed by atoms with Gasteiger partial charge in [-0.2, -0.15) is 0 Å². The number of hydrogen-bond donors (Lipinski definition) is 1. The molecule has 0 aromatic rings. The fraction of sp³-hybridized carbons (Fsp3) is 0.800. The standard InChI is InChI=1S/C25H45N3O4/c1-11-32-24(31)17(4)15-20(16(2)3)28(10)23(30)21(25(6,7)8)26-22(29)19-14-12-13-18(5)27(19)9/h15-16,18-21H,11-14H2,1-10H3,(H,26,29)/b17-15+/t18?,19?,20-,21?/m1/s1. The molecule has 0 saturated carbocycles. The smallest absolute Gasteiger partial charge is 0.333 e. The summed E-state index contributed by atoms with van der Waals surface area (Å²) in [6.07, 6.45) is 4.67. The van der Waals surface area contributed by atoms with Crippen LogP contribution in [0.15, 0.2) is 11.6 Å². The largest absolute Gasteiger partial charge is 0.463 e. The van der Waals surface area contributed by atoms with Crippen LogP contribution in [-0.2, 0) is 19.1 Å². The zero-order valence-corrected chi connectivity index (χ0v) is 21.8. The minimum Gasteiger partial charge on any atom is -0.463 e. The molecule has 0 spiro atoms. The van der Waals surface area contributed by atoms with Gasteiger partial charge in [-0.05, 0) is 58.4 Å². The molecule has 0 aliphatic carbocycles. The highest BCUT2D eigenvalue weighted by molar-refractivity contribution is 5.91. The zero-order chi connectivity index (χ0) is 24.8. The summed E-state index contributed by atoms with van der Waals surface area (Å²) in [7, 11) is 3.72. The molecule has 1 N–H and O–H groups in total. The van der Waals surface area contributed by atoms with Crippen molar-refractivity contribution >= 4 is 17.8 Å². The number of likely N-dealkylation sites (N-methyl/N-ethyl adjacent to an activating group) is 2. The monoisotopic (exact) mass is 451 g/mol. The normalized spacial score (nSPS) is 22.3. The highest BCUT2D eigenvalue weighted by Crippen LogP contribution is 2.26. The second-order valence-electron chi connectivity index (χ2n) is 10.5. The van der Waals surface area contributed by atoms with Crippen LogP contribution in [0.1, 0.15) is 74.7 Å². The van der Waals surface area contributed by atoms with Gasteiger partial charge in [-0.15, -0.1) is 0 Å².